The van der Waals surface area contributed by atoms with E-state index in [2.05, 4.69) is 21.4 Å². The van der Waals surface area contributed by atoms with Gasteiger partial charge < -0.3 is 9.84 Å². The molecule has 0 aliphatic rings. The second-order valence-corrected chi connectivity index (χ2v) is 7.61. The number of ether oxygens (including phenoxy) is 1. The molecule has 1 atom stereocenters. The number of phenolic OH excluding ortho intramolecular Hbond substituents is 1. The monoisotopic (exact) mass is 400 g/mol. The number of aromatic nitrogens is 2. The summed E-state index contributed by atoms with van der Waals surface area (Å²) in [4.78, 5) is 7.82. The van der Waals surface area contributed by atoms with Gasteiger partial charge in [0.25, 0.3) is 5.82 Å². The Morgan fingerprint density at radius 1 is 1.00 bits per heavy atom. The molecule has 0 spiro atoms. The first-order valence-corrected chi connectivity index (χ1v) is 9.95. The van der Waals surface area contributed by atoms with Crippen LogP contribution in [-0.2, 0) is 0 Å². The highest BCUT2D eigenvalue weighted by atomic mass is 16.5. The van der Waals surface area contributed by atoms with Gasteiger partial charge in [-0.25, -0.2) is 9.97 Å². The first-order valence-electron chi connectivity index (χ1n) is 9.95. The van der Waals surface area contributed by atoms with Gasteiger partial charge in [-0.3, -0.25) is 5.32 Å². The lowest BCUT2D eigenvalue weighted by molar-refractivity contribution is -0.361. The number of H-pyrrole nitrogens is 1. The molecule has 4 rings (SSSR count). The van der Waals surface area contributed by atoms with Gasteiger partial charge in [-0.2, -0.15) is 0 Å². The van der Waals surface area contributed by atoms with Crippen LogP contribution >= 0.6 is 0 Å². The van der Waals surface area contributed by atoms with Gasteiger partial charge in [0.2, 0.25) is 0 Å². The van der Waals surface area contributed by atoms with Crippen LogP contribution in [0.3, 0.4) is 0 Å². The van der Waals surface area contributed by atoms with E-state index >= 15 is 0 Å². The number of methoxy groups -OCH3 is 1. The summed E-state index contributed by atoms with van der Waals surface area (Å²) in [5, 5.41) is 15.6. The molecule has 2 aromatic heterocycles. The number of pyridine rings is 2. The molecule has 3 N–H and O–H groups in total. The lowest BCUT2D eigenvalue weighted by Gasteiger charge is -2.19. The molecular weight excluding hydrogens is 374 g/mol. The van der Waals surface area contributed by atoms with Crippen molar-refractivity contribution < 1.29 is 14.8 Å². The quantitative estimate of drug-likeness (QED) is 0.500. The zero-order valence-corrected chi connectivity index (χ0v) is 17.7. The summed E-state index contributed by atoms with van der Waals surface area (Å²) < 4.78 is 5.43. The minimum atomic E-state index is -0.278. The number of anilines is 1. The molecule has 5 heteroatoms. The number of benzene rings is 2. The lowest BCUT2D eigenvalue weighted by atomic mass is 9.94. The maximum Gasteiger partial charge on any atom is 0.273 e. The van der Waals surface area contributed by atoms with Crippen LogP contribution in [0.2, 0.25) is 0 Å². The normalized spacial score (nSPS) is 12.0. The number of nitrogens with zero attached hydrogens (tertiary/aromatic N) is 1. The van der Waals surface area contributed by atoms with Gasteiger partial charge in [-0.1, -0.05) is 18.2 Å². The fourth-order valence-electron chi connectivity index (χ4n) is 3.76. The van der Waals surface area contributed by atoms with Crippen LogP contribution < -0.4 is 15.0 Å². The molecule has 30 heavy (non-hydrogen) atoms. The van der Waals surface area contributed by atoms with Crippen LogP contribution in [0, 0.1) is 20.8 Å². The summed E-state index contributed by atoms with van der Waals surface area (Å²) in [6.07, 6.45) is 1.90. The van der Waals surface area contributed by atoms with Gasteiger partial charge in [0.15, 0.2) is 0 Å². The maximum atomic E-state index is 11.2. The molecule has 4 aromatic rings. The standard InChI is InChI=1S/C25H25N3O2/c1-15-11-12-26-22(13-15)28-23(19-8-10-21(30-4)16(2)14-19)20-9-7-18-6-5-17(3)27-24(18)25(20)29/h5-14,23,29H,1-4H3,(H,26,28)/p+1/t23-/m0/s1. The van der Waals surface area contributed by atoms with Crippen LogP contribution in [0.15, 0.2) is 60.8 Å². The first-order chi connectivity index (χ1) is 14.5. The third kappa shape index (κ3) is 3.79. The van der Waals surface area contributed by atoms with Gasteiger partial charge >= 0.3 is 0 Å². The molecule has 0 aliphatic carbocycles. The molecule has 152 valence electrons. The summed E-state index contributed by atoms with van der Waals surface area (Å²) >= 11 is 0. The highest BCUT2D eigenvalue weighted by molar-refractivity contribution is 5.86. The molecule has 0 fully saturated rings. The molecule has 0 bridgehead atoms. The predicted octanol–water partition coefficient (Wildman–Crippen LogP) is 4.89. The highest BCUT2D eigenvalue weighted by Crippen LogP contribution is 2.37. The average molecular weight is 401 g/mol. The smallest absolute Gasteiger partial charge is 0.273 e. The maximum absolute atomic E-state index is 11.2. The third-order valence-corrected chi connectivity index (χ3v) is 5.33. The number of aryl methyl sites for hydroxylation is 3. The summed E-state index contributed by atoms with van der Waals surface area (Å²) in [6.45, 7) is 5.99. The van der Waals surface area contributed by atoms with Gasteiger partial charge in [0.1, 0.15) is 23.1 Å². The molecule has 2 heterocycles. The van der Waals surface area contributed by atoms with Gasteiger partial charge in [0.05, 0.1) is 13.3 Å². The van der Waals surface area contributed by atoms with Crippen molar-refractivity contribution >= 4 is 16.7 Å². The van der Waals surface area contributed by atoms with Crippen molar-refractivity contribution in [2.75, 3.05) is 12.4 Å². The van der Waals surface area contributed by atoms with E-state index in [0.29, 0.717) is 5.52 Å². The van der Waals surface area contributed by atoms with E-state index in [1.807, 2.05) is 75.5 Å². The summed E-state index contributed by atoms with van der Waals surface area (Å²) in [6, 6.07) is 17.7. The van der Waals surface area contributed by atoms with Crippen LogP contribution in [0.25, 0.3) is 10.9 Å². The van der Waals surface area contributed by atoms with E-state index in [1.165, 1.54) is 0 Å². The molecule has 0 radical (unpaired) electrons. The van der Waals surface area contributed by atoms with Gasteiger partial charge in [0, 0.05) is 28.3 Å². The van der Waals surface area contributed by atoms with Crippen LogP contribution in [0.5, 0.6) is 11.5 Å². The van der Waals surface area contributed by atoms with E-state index < -0.39 is 0 Å². The number of fused-ring (bicyclic) bond motifs is 1. The third-order valence-electron chi connectivity index (χ3n) is 5.33. The van der Waals surface area contributed by atoms with E-state index in [9.17, 15) is 5.11 Å². The largest absolute Gasteiger partial charge is 0.505 e. The Morgan fingerprint density at radius 2 is 1.80 bits per heavy atom. The minimum Gasteiger partial charge on any atom is -0.505 e. The van der Waals surface area contributed by atoms with Crippen molar-refractivity contribution in [1.82, 2.24) is 4.98 Å². The summed E-state index contributed by atoms with van der Waals surface area (Å²) in [5.41, 5.74) is 5.43. The van der Waals surface area contributed by atoms with Crippen LogP contribution in [0.1, 0.15) is 34.0 Å². The number of rotatable bonds is 5. The second kappa shape index (κ2) is 8.03. The minimum absolute atomic E-state index is 0.190. The Bertz CT molecular complexity index is 1220. The molecule has 5 nitrogen and oxygen atoms in total. The SMILES string of the molecule is COc1ccc([C@H](Nc2cc(C)cc[nH+]2)c2ccc3ccc(C)nc3c2O)cc1C. The fourth-order valence-corrected chi connectivity index (χ4v) is 3.76. The van der Waals surface area contributed by atoms with Crippen molar-refractivity contribution in [3.63, 3.8) is 0 Å². The van der Waals surface area contributed by atoms with Crippen molar-refractivity contribution in [2.24, 2.45) is 0 Å². The summed E-state index contributed by atoms with van der Waals surface area (Å²) in [5.74, 6) is 1.89. The molecule has 0 saturated heterocycles. The predicted molar refractivity (Wildman–Crippen MR) is 119 cm³/mol. The molecule has 0 aliphatic heterocycles. The van der Waals surface area contributed by atoms with Gasteiger partial charge in [-0.15, -0.1) is 0 Å². The van der Waals surface area contributed by atoms with Gasteiger partial charge in [-0.05, 0) is 62.2 Å². The summed E-state index contributed by atoms with van der Waals surface area (Å²) in [7, 11) is 1.67. The number of hydrogen-bond acceptors (Lipinski definition) is 4. The first kappa shape index (κ1) is 19.7. The number of nitrogens with one attached hydrogen (secondary N) is 2. The van der Waals surface area contributed by atoms with Crippen molar-refractivity contribution in [3.05, 3.63) is 88.7 Å². The number of hydrogen-bond donors (Lipinski definition) is 2. The van der Waals surface area contributed by atoms with E-state index in [0.717, 1.165) is 44.9 Å². The topological polar surface area (TPSA) is 68.5 Å². The number of aromatic amines is 1. The van der Waals surface area contributed by atoms with Crippen molar-refractivity contribution in [1.29, 1.82) is 0 Å². The number of aromatic hydroxyl groups is 1. The van der Waals surface area contributed by atoms with Crippen LogP contribution in [0.4, 0.5) is 5.82 Å². The zero-order chi connectivity index (χ0) is 21.3. The average Bonchev–Trinajstić information content (AvgIpc) is 2.73. The Hall–Kier alpha value is -3.60. The molecule has 2 aromatic carbocycles. The molecule has 0 amide bonds. The van der Waals surface area contributed by atoms with E-state index in [-0.39, 0.29) is 11.8 Å². The van der Waals surface area contributed by atoms with Crippen molar-refractivity contribution in [2.45, 2.75) is 26.8 Å². The second-order valence-electron chi connectivity index (χ2n) is 7.61. The fraction of sp³-hybridized carbons (Fsp3) is 0.200. The van der Waals surface area contributed by atoms with E-state index in [1.54, 1.807) is 7.11 Å². The van der Waals surface area contributed by atoms with Crippen LogP contribution in [-0.4, -0.2) is 17.2 Å². The highest BCUT2D eigenvalue weighted by Gasteiger charge is 2.25. The lowest BCUT2D eigenvalue weighted by Crippen LogP contribution is -2.19. The van der Waals surface area contributed by atoms with E-state index in [4.69, 9.17) is 4.74 Å². The Kier molecular flexibility index (Phi) is 5.27. The molecule has 0 saturated carbocycles. The Morgan fingerprint density at radius 3 is 2.53 bits per heavy atom. The number of phenols is 1. The molecule has 0 unspecified atom stereocenters. The van der Waals surface area contributed by atoms with Crippen molar-refractivity contribution in [3.8, 4) is 11.5 Å². The Balaban J connectivity index is 1.87. The molecular formula is C25H26N3O2+. The Labute approximate surface area is 176 Å². The zero-order valence-electron chi connectivity index (χ0n) is 17.7.